The minimum absolute atomic E-state index is 0.0397. The lowest BCUT2D eigenvalue weighted by molar-refractivity contribution is -0.134. The fourth-order valence-corrected chi connectivity index (χ4v) is 5.69. The van der Waals surface area contributed by atoms with Crippen molar-refractivity contribution in [1.29, 1.82) is 0 Å². The number of amides is 3. The van der Waals surface area contributed by atoms with Crippen LogP contribution in [-0.4, -0.2) is 54.1 Å². The normalized spacial score (nSPS) is 26.8. The fourth-order valence-electron chi connectivity index (χ4n) is 5.69. The number of anilines is 1. The molecule has 176 valence electrons. The monoisotopic (exact) mass is 440 g/mol. The highest BCUT2D eigenvalue weighted by Crippen LogP contribution is 2.43. The van der Waals surface area contributed by atoms with Gasteiger partial charge < -0.3 is 10.2 Å². The van der Waals surface area contributed by atoms with E-state index in [9.17, 15) is 9.59 Å². The highest BCUT2D eigenvalue weighted by molar-refractivity contribution is 6.07. The number of piperidine rings is 1. The van der Waals surface area contributed by atoms with Crippen LogP contribution in [0.4, 0.5) is 10.5 Å². The summed E-state index contributed by atoms with van der Waals surface area (Å²) in [7, 11) is 1.97. The molecule has 4 rings (SSSR count). The van der Waals surface area contributed by atoms with Crippen LogP contribution in [0.25, 0.3) is 0 Å². The first kappa shape index (κ1) is 23.1. The molecule has 6 heteroatoms. The Morgan fingerprint density at radius 1 is 1.03 bits per heavy atom. The minimum atomic E-state index is -0.685. The van der Waals surface area contributed by atoms with Crippen molar-refractivity contribution in [3.63, 3.8) is 0 Å². The van der Waals surface area contributed by atoms with E-state index in [0.717, 1.165) is 38.8 Å². The minimum Gasteiger partial charge on any atom is -0.372 e. The Labute approximate surface area is 193 Å². The van der Waals surface area contributed by atoms with Crippen LogP contribution in [-0.2, 0) is 11.3 Å². The van der Waals surface area contributed by atoms with Gasteiger partial charge in [-0.05, 0) is 81.0 Å². The number of nitrogens with zero attached hydrogens (tertiary/aromatic N) is 3. The molecule has 0 unspecified atom stereocenters. The van der Waals surface area contributed by atoms with E-state index < -0.39 is 5.54 Å². The Morgan fingerprint density at radius 2 is 1.66 bits per heavy atom. The number of carbonyl (C=O) groups is 2. The van der Waals surface area contributed by atoms with Crippen molar-refractivity contribution in [1.82, 2.24) is 15.1 Å². The van der Waals surface area contributed by atoms with Crippen molar-refractivity contribution in [3.8, 4) is 0 Å². The number of hydrogen-bond acceptors (Lipinski definition) is 4. The highest BCUT2D eigenvalue weighted by atomic mass is 16.2. The second kappa shape index (κ2) is 9.05. The van der Waals surface area contributed by atoms with Crippen molar-refractivity contribution in [3.05, 3.63) is 29.8 Å². The Kier molecular flexibility index (Phi) is 6.53. The Hall–Kier alpha value is -2.08. The largest absolute Gasteiger partial charge is 0.372 e. The van der Waals surface area contributed by atoms with Crippen molar-refractivity contribution < 1.29 is 9.59 Å². The number of benzene rings is 1. The van der Waals surface area contributed by atoms with Crippen molar-refractivity contribution in [2.45, 2.75) is 77.8 Å². The molecule has 2 aliphatic heterocycles. The van der Waals surface area contributed by atoms with Gasteiger partial charge in [-0.25, -0.2) is 9.69 Å². The number of nitrogens with one attached hydrogen (secondary N) is 1. The summed E-state index contributed by atoms with van der Waals surface area (Å²) in [5.41, 5.74) is 2.05. The van der Waals surface area contributed by atoms with E-state index in [0.29, 0.717) is 19.1 Å². The van der Waals surface area contributed by atoms with Crippen molar-refractivity contribution in [2.24, 2.45) is 11.3 Å². The maximum absolute atomic E-state index is 13.3. The van der Waals surface area contributed by atoms with Gasteiger partial charge in [-0.1, -0.05) is 32.9 Å². The van der Waals surface area contributed by atoms with Crippen LogP contribution < -0.4 is 10.2 Å². The predicted octanol–water partition coefficient (Wildman–Crippen LogP) is 4.59. The van der Waals surface area contributed by atoms with Crippen LogP contribution in [0.2, 0.25) is 0 Å². The molecule has 1 aromatic carbocycles. The molecule has 0 aromatic heterocycles. The van der Waals surface area contributed by atoms with Gasteiger partial charge in [0.1, 0.15) is 5.54 Å². The van der Waals surface area contributed by atoms with Crippen LogP contribution in [0.1, 0.15) is 71.3 Å². The Balaban J connectivity index is 1.33. The van der Waals surface area contributed by atoms with Gasteiger partial charge >= 0.3 is 6.03 Å². The maximum Gasteiger partial charge on any atom is 0.326 e. The third-order valence-electron chi connectivity index (χ3n) is 7.80. The van der Waals surface area contributed by atoms with E-state index in [2.05, 4.69) is 55.3 Å². The first-order chi connectivity index (χ1) is 15.2. The standard InChI is InChI=1S/C26H40N4O2/c1-25(2,3)21-12-14-26(15-13-21)23(31)30(24(32)27-26)19-28(4)18-20-8-10-22(11-9-20)29-16-6-5-7-17-29/h8-11,21H,5-7,12-19H2,1-4H3,(H,27,32). The summed E-state index contributed by atoms with van der Waals surface area (Å²) in [5.74, 6) is 0.560. The Morgan fingerprint density at radius 3 is 2.25 bits per heavy atom. The average molecular weight is 441 g/mol. The lowest BCUT2D eigenvalue weighted by Gasteiger charge is -2.40. The molecule has 0 atom stereocenters. The molecular formula is C26H40N4O2. The molecule has 2 saturated heterocycles. The van der Waals surface area contributed by atoms with Gasteiger partial charge in [0.25, 0.3) is 5.91 Å². The van der Waals surface area contributed by atoms with Crippen LogP contribution in [0.5, 0.6) is 0 Å². The van der Waals surface area contributed by atoms with Gasteiger partial charge in [0.15, 0.2) is 0 Å². The van der Waals surface area contributed by atoms with Gasteiger partial charge in [0.2, 0.25) is 0 Å². The summed E-state index contributed by atoms with van der Waals surface area (Å²) in [6.45, 7) is 10.1. The van der Waals surface area contributed by atoms with Crippen molar-refractivity contribution in [2.75, 3.05) is 31.7 Å². The van der Waals surface area contributed by atoms with Gasteiger partial charge in [0, 0.05) is 25.3 Å². The van der Waals surface area contributed by atoms with E-state index in [4.69, 9.17) is 0 Å². The van der Waals surface area contributed by atoms with Crippen molar-refractivity contribution >= 4 is 17.6 Å². The highest BCUT2D eigenvalue weighted by Gasteiger charge is 2.53. The smallest absolute Gasteiger partial charge is 0.326 e. The van der Waals surface area contributed by atoms with E-state index in [1.54, 1.807) is 0 Å². The predicted molar refractivity (Wildman–Crippen MR) is 128 cm³/mol. The zero-order chi connectivity index (χ0) is 22.9. The molecule has 1 aromatic rings. The molecular weight excluding hydrogens is 400 g/mol. The summed E-state index contributed by atoms with van der Waals surface area (Å²) >= 11 is 0. The van der Waals surface area contributed by atoms with Gasteiger partial charge in [-0.2, -0.15) is 0 Å². The number of imide groups is 1. The third kappa shape index (κ3) is 4.80. The second-order valence-corrected chi connectivity index (χ2v) is 11.3. The molecule has 3 fully saturated rings. The molecule has 1 spiro atoms. The van der Waals surface area contributed by atoms with Gasteiger partial charge in [0.05, 0.1) is 6.67 Å². The molecule has 1 saturated carbocycles. The maximum atomic E-state index is 13.3. The SMILES string of the molecule is CN(Cc1ccc(N2CCCCC2)cc1)CN1C(=O)NC2(CCC(C(C)(C)C)CC2)C1=O. The summed E-state index contributed by atoms with van der Waals surface area (Å²) < 4.78 is 0. The molecule has 1 N–H and O–H groups in total. The summed E-state index contributed by atoms with van der Waals surface area (Å²) in [5, 5.41) is 3.06. The third-order valence-corrected chi connectivity index (χ3v) is 7.80. The first-order valence-electron chi connectivity index (χ1n) is 12.3. The lowest BCUT2D eigenvalue weighted by atomic mass is 9.67. The quantitative estimate of drug-likeness (QED) is 0.680. The molecule has 32 heavy (non-hydrogen) atoms. The molecule has 3 amide bonds. The zero-order valence-electron chi connectivity index (χ0n) is 20.3. The van der Waals surface area contributed by atoms with Gasteiger partial charge in [-0.15, -0.1) is 0 Å². The van der Waals surface area contributed by atoms with Crippen LogP contribution in [0, 0.1) is 11.3 Å². The molecule has 2 heterocycles. The summed E-state index contributed by atoms with van der Waals surface area (Å²) in [6.07, 6.45) is 7.35. The molecule has 0 radical (unpaired) electrons. The van der Waals surface area contributed by atoms with E-state index in [1.807, 2.05) is 11.9 Å². The zero-order valence-corrected chi connectivity index (χ0v) is 20.3. The second-order valence-electron chi connectivity index (χ2n) is 11.3. The fraction of sp³-hybridized carbons (Fsp3) is 0.692. The Bertz CT molecular complexity index is 815. The molecule has 6 nitrogen and oxygen atoms in total. The number of hydrogen-bond donors (Lipinski definition) is 1. The number of rotatable bonds is 5. The topological polar surface area (TPSA) is 55.9 Å². The molecule has 1 aliphatic carbocycles. The van der Waals surface area contributed by atoms with Crippen LogP contribution >= 0.6 is 0 Å². The molecule has 3 aliphatic rings. The summed E-state index contributed by atoms with van der Waals surface area (Å²) in [6, 6.07) is 8.50. The van der Waals surface area contributed by atoms with E-state index in [1.165, 1.54) is 35.4 Å². The van der Waals surface area contributed by atoms with Gasteiger partial charge in [-0.3, -0.25) is 9.69 Å². The van der Waals surface area contributed by atoms with Crippen LogP contribution in [0.3, 0.4) is 0 Å². The first-order valence-corrected chi connectivity index (χ1v) is 12.3. The summed E-state index contributed by atoms with van der Waals surface area (Å²) in [4.78, 5) is 31.9. The average Bonchev–Trinajstić information content (AvgIpc) is 2.98. The van der Waals surface area contributed by atoms with Crippen LogP contribution in [0.15, 0.2) is 24.3 Å². The number of urea groups is 1. The molecule has 0 bridgehead atoms. The number of carbonyl (C=O) groups excluding carboxylic acids is 2. The van der Waals surface area contributed by atoms with E-state index >= 15 is 0 Å². The van der Waals surface area contributed by atoms with E-state index in [-0.39, 0.29) is 17.4 Å². The lowest BCUT2D eigenvalue weighted by Crippen LogP contribution is -2.51.